The first-order valence-electron chi connectivity index (χ1n) is 8.88. The normalized spacial score (nSPS) is 11.5. The van der Waals surface area contributed by atoms with Crippen molar-refractivity contribution in [3.63, 3.8) is 0 Å². The van der Waals surface area contributed by atoms with E-state index >= 15 is 0 Å². The van der Waals surface area contributed by atoms with Gasteiger partial charge in [0, 0.05) is 16.1 Å². The third kappa shape index (κ3) is 5.30. The molecule has 3 N–H and O–H groups in total. The van der Waals surface area contributed by atoms with E-state index in [1.807, 2.05) is 0 Å². The number of carbonyl (C=O) groups is 1. The molecule has 0 saturated carbocycles. The first-order chi connectivity index (χ1) is 14.6. The molecule has 1 heterocycles. The maximum atomic E-state index is 12.3. The Balaban J connectivity index is 2.04. The molecule has 0 bridgehead atoms. The van der Waals surface area contributed by atoms with Gasteiger partial charge in [-0.05, 0) is 42.5 Å². The van der Waals surface area contributed by atoms with Gasteiger partial charge in [0.2, 0.25) is 0 Å². The van der Waals surface area contributed by atoms with E-state index in [4.69, 9.17) is 33.7 Å². The number of nitrogens with two attached hydrogens (primary N) is 1. The molecule has 0 aliphatic heterocycles. The van der Waals surface area contributed by atoms with E-state index in [0.29, 0.717) is 22.0 Å². The van der Waals surface area contributed by atoms with Gasteiger partial charge in [0.05, 0.1) is 36.0 Å². The smallest absolute Gasteiger partial charge is 0.392 e. The molecule has 0 aliphatic rings. The molecule has 3 aromatic rings. The van der Waals surface area contributed by atoms with Crippen LogP contribution >= 0.6 is 23.2 Å². The van der Waals surface area contributed by atoms with Crippen molar-refractivity contribution in [2.75, 3.05) is 6.61 Å². The van der Waals surface area contributed by atoms with Gasteiger partial charge in [0.15, 0.2) is 5.69 Å². The third-order valence-electron chi connectivity index (χ3n) is 4.29. The summed E-state index contributed by atoms with van der Waals surface area (Å²) in [6.45, 7) is -1.06. The molecule has 3 rings (SSSR count). The highest BCUT2D eigenvalue weighted by atomic mass is 35.5. The summed E-state index contributed by atoms with van der Waals surface area (Å²) in [4.78, 5) is 11.9. The lowest BCUT2D eigenvalue weighted by Crippen LogP contribution is -2.14. The van der Waals surface area contributed by atoms with Gasteiger partial charge in [-0.3, -0.25) is 4.79 Å². The second kappa shape index (κ2) is 9.17. The number of nitrogens with zero attached hydrogens (tertiary/aromatic N) is 2. The van der Waals surface area contributed by atoms with Gasteiger partial charge in [-0.2, -0.15) is 18.3 Å². The molecule has 0 aliphatic carbocycles. The number of carbonyl (C=O) groups excluding carboxylic acids is 1. The topological polar surface area (TPSA) is 90.4 Å². The first-order valence-corrected chi connectivity index (χ1v) is 9.64. The number of rotatable bonds is 7. The zero-order chi connectivity index (χ0) is 22.8. The van der Waals surface area contributed by atoms with Crippen LogP contribution < -0.4 is 10.5 Å². The number of alkyl halides is 3. The molecular weight excluding hydrogens is 458 g/mol. The van der Waals surface area contributed by atoms with Gasteiger partial charge in [-0.1, -0.05) is 23.2 Å². The number of ether oxygens (including phenoxy) is 1. The summed E-state index contributed by atoms with van der Waals surface area (Å²) < 4.78 is 43.3. The van der Waals surface area contributed by atoms with Crippen molar-refractivity contribution in [1.82, 2.24) is 9.78 Å². The first kappa shape index (κ1) is 22.9. The highest BCUT2D eigenvalue weighted by molar-refractivity contribution is 6.35. The third-order valence-corrected chi connectivity index (χ3v) is 4.83. The number of aromatic nitrogens is 2. The molecule has 31 heavy (non-hydrogen) atoms. The fourth-order valence-electron chi connectivity index (χ4n) is 2.92. The van der Waals surface area contributed by atoms with Gasteiger partial charge in [-0.15, -0.1) is 0 Å². The number of aliphatic hydroxyl groups is 1. The Hall–Kier alpha value is -2.75. The number of halogens is 5. The van der Waals surface area contributed by atoms with Crippen LogP contribution in [0.15, 0.2) is 42.5 Å². The standard InChI is InChI=1S/C20H16Cl2F3N3O3/c21-12-3-6-16(15(22)9-12)28-18(14(10-29)17(27-28)19(26)30)11-1-4-13(5-2-11)31-8-7-20(23,24)25/h1-6,9,29H,7-8,10H2,(H2,26,30). The molecule has 0 unspecified atom stereocenters. The SMILES string of the molecule is NC(=O)c1nn(-c2ccc(Cl)cc2Cl)c(-c2ccc(OCCC(F)(F)F)cc2)c1CO. The maximum Gasteiger partial charge on any atom is 0.392 e. The van der Waals surface area contributed by atoms with Crippen LogP contribution in [0.25, 0.3) is 16.9 Å². The van der Waals surface area contributed by atoms with E-state index in [9.17, 15) is 23.1 Å². The minimum Gasteiger partial charge on any atom is -0.493 e. The quantitative estimate of drug-likeness (QED) is 0.517. The Kier molecular flexibility index (Phi) is 6.78. The van der Waals surface area contributed by atoms with E-state index in [1.54, 1.807) is 24.3 Å². The van der Waals surface area contributed by atoms with Crippen LogP contribution in [0.2, 0.25) is 10.0 Å². The number of hydrogen-bond acceptors (Lipinski definition) is 4. The Bertz CT molecular complexity index is 1100. The zero-order valence-electron chi connectivity index (χ0n) is 15.8. The molecule has 0 saturated heterocycles. The maximum absolute atomic E-state index is 12.3. The summed E-state index contributed by atoms with van der Waals surface area (Å²) in [5.41, 5.74) is 6.66. The average molecular weight is 474 g/mol. The minimum absolute atomic E-state index is 0.144. The summed E-state index contributed by atoms with van der Waals surface area (Å²) in [5.74, 6) is -0.620. The number of aliphatic hydroxyl groups excluding tert-OH is 1. The van der Waals surface area contributed by atoms with Gasteiger partial charge in [0.25, 0.3) is 5.91 Å². The second-order valence-corrected chi connectivity index (χ2v) is 7.29. The largest absolute Gasteiger partial charge is 0.493 e. The van der Waals surface area contributed by atoms with Crippen LogP contribution in [-0.4, -0.2) is 33.6 Å². The van der Waals surface area contributed by atoms with Crippen molar-refractivity contribution < 1.29 is 27.8 Å². The molecule has 0 fully saturated rings. The molecule has 0 radical (unpaired) electrons. The van der Waals surface area contributed by atoms with Crippen LogP contribution in [0.3, 0.4) is 0 Å². The highest BCUT2D eigenvalue weighted by Gasteiger charge is 2.27. The summed E-state index contributed by atoms with van der Waals surface area (Å²) >= 11 is 12.2. The summed E-state index contributed by atoms with van der Waals surface area (Å²) in [6.07, 6.45) is -5.39. The van der Waals surface area contributed by atoms with Crippen LogP contribution in [0.5, 0.6) is 5.75 Å². The zero-order valence-corrected chi connectivity index (χ0v) is 17.3. The lowest BCUT2D eigenvalue weighted by Gasteiger charge is -2.12. The molecule has 2 aromatic carbocycles. The number of primary amides is 1. The fourth-order valence-corrected chi connectivity index (χ4v) is 3.40. The van der Waals surface area contributed by atoms with E-state index in [0.717, 1.165) is 0 Å². The van der Waals surface area contributed by atoms with Crippen LogP contribution in [0, 0.1) is 0 Å². The Morgan fingerprint density at radius 1 is 1.16 bits per heavy atom. The van der Waals surface area contributed by atoms with Crippen LogP contribution in [0.4, 0.5) is 13.2 Å². The minimum atomic E-state index is -4.31. The van der Waals surface area contributed by atoms with Crippen LogP contribution in [-0.2, 0) is 6.61 Å². The molecule has 1 aromatic heterocycles. The predicted molar refractivity (Wildman–Crippen MR) is 110 cm³/mol. The van der Waals surface area contributed by atoms with E-state index in [2.05, 4.69) is 5.10 Å². The predicted octanol–water partition coefficient (Wildman–Crippen LogP) is 4.77. The molecule has 164 valence electrons. The Morgan fingerprint density at radius 2 is 1.84 bits per heavy atom. The monoisotopic (exact) mass is 473 g/mol. The van der Waals surface area contributed by atoms with E-state index in [1.165, 1.54) is 22.9 Å². The van der Waals surface area contributed by atoms with Gasteiger partial charge in [-0.25, -0.2) is 4.68 Å². The van der Waals surface area contributed by atoms with Gasteiger partial charge < -0.3 is 15.6 Å². The summed E-state index contributed by atoms with van der Waals surface area (Å²) in [5, 5.41) is 14.7. The van der Waals surface area contributed by atoms with Crippen molar-refractivity contribution in [3.05, 3.63) is 63.8 Å². The summed E-state index contributed by atoms with van der Waals surface area (Å²) in [6, 6.07) is 10.7. The molecule has 0 atom stereocenters. The molecule has 11 heteroatoms. The van der Waals surface area contributed by atoms with Crippen molar-refractivity contribution >= 4 is 29.1 Å². The Morgan fingerprint density at radius 3 is 2.39 bits per heavy atom. The molecule has 1 amide bonds. The Labute approximate surface area is 184 Å². The number of hydrogen-bond donors (Lipinski definition) is 2. The van der Waals surface area contributed by atoms with E-state index in [-0.39, 0.29) is 22.0 Å². The lowest BCUT2D eigenvalue weighted by molar-refractivity contribution is -0.139. The van der Waals surface area contributed by atoms with Crippen molar-refractivity contribution in [2.45, 2.75) is 19.2 Å². The second-order valence-electron chi connectivity index (χ2n) is 6.44. The van der Waals surface area contributed by atoms with Gasteiger partial charge >= 0.3 is 6.18 Å². The van der Waals surface area contributed by atoms with Crippen molar-refractivity contribution in [3.8, 4) is 22.7 Å². The van der Waals surface area contributed by atoms with E-state index < -0.39 is 31.7 Å². The summed E-state index contributed by atoms with van der Waals surface area (Å²) in [7, 11) is 0. The number of amides is 1. The fraction of sp³-hybridized carbons (Fsp3) is 0.200. The molecule has 6 nitrogen and oxygen atoms in total. The van der Waals surface area contributed by atoms with Crippen LogP contribution in [0.1, 0.15) is 22.5 Å². The molecular formula is C20H16Cl2F3N3O3. The average Bonchev–Trinajstić information content (AvgIpc) is 3.07. The lowest BCUT2D eigenvalue weighted by atomic mass is 10.1. The number of benzene rings is 2. The van der Waals surface area contributed by atoms with Crippen molar-refractivity contribution in [2.24, 2.45) is 5.73 Å². The molecule has 0 spiro atoms. The van der Waals surface area contributed by atoms with Crippen molar-refractivity contribution in [1.29, 1.82) is 0 Å². The highest BCUT2D eigenvalue weighted by Crippen LogP contribution is 2.34. The van der Waals surface area contributed by atoms with Gasteiger partial charge in [0.1, 0.15) is 5.75 Å².